The third-order valence-corrected chi connectivity index (χ3v) is 5.05. The fourth-order valence-electron chi connectivity index (χ4n) is 3.63. The molecule has 4 rings (SSSR count). The number of nitrogens with zero attached hydrogens (tertiary/aromatic N) is 1. The van der Waals surface area contributed by atoms with E-state index < -0.39 is 11.5 Å². The third kappa shape index (κ3) is 3.80. The summed E-state index contributed by atoms with van der Waals surface area (Å²) in [4.78, 5) is 27.2. The van der Waals surface area contributed by atoms with Gasteiger partial charge in [-0.05, 0) is 50.2 Å². The molecule has 0 bridgehead atoms. The van der Waals surface area contributed by atoms with Crippen molar-refractivity contribution in [1.29, 1.82) is 0 Å². The van der Waals surface area contributed by atoms with Gasteiger partial charge < -0.3 is 14.2 Å². The molecule has 0 radical (unpaired) electrons. The molecular formula is C21H22N2O4. The highest BCUT2D eigenvalue weighted by molar-refractivity contribution is 5.96. The van der Waals surface area contributed by atoms with E-state index in [1.54, 1.807) is 24.5 Å². The molecule has 1 aliphatic rings. The first kappa shape index (κ1) is 17.5. The molecule has 2 aromatic heterocycles. The number of rotatable bonds is 5. The van der Waals surface area contributed by atoms with Gasteiger partial charge in [0.05, 0.1) is 12.3 Å². The van der Waals surface area contributed by atoms with Crippen LogP contribution in [-0.2, 0) is 0 Å². The molecule has 27 heavy (non-hydrogen) atoms. The fourth-order valence-corrected chi connectivity index (χ4v) is 3.63. The van der Waals surface area contributed by atoms with Crippen LogP contribution in [0.5, 0.6) is 0 Å². The average Bonchev–Trinajstić information content (AvgIpc) is 3.23. The normalized spacial score (nSPS) is 16.3. The van der Waals surface area contributed by atoms with Gasteiger partial charge in [0.1, 0.15) is 16.9 Å². The first-order valence-electron chi connectivity index (χ1n) is 9.31. The second-order valence-electron chi connectivity index (χ2n) is 6.82. The van der Waals surface area contributed by atoms with E-state index in [9.17, 15) is 9.59 Å². The number of piperidine rings is 1. The summed E-state index contributed by atoms with van der Waals surface area (Å²) in [7, 11) is 0. The lowest BCUT2D eigenvalue weighted by atomic mass is 10.1. The molecule has 3 heterocycles. The van der Waals surface area contributed by atoms with Gasteiger partial charge in [0.15, 0.2) is 0 Å². The Hall–Kier alpha value is -2.86. The standard InChI is InChI=1S/C21H22N2O4/c24-20(16-13-15-7-2-3-8-18(15)27-21(16)25)22-14-17(19-9-6-12-26-19)23-10-4-1-5-11-23/h2-3,6-9,12-13,17H,1,4-5,10-11,14H2,(H,22,24)/t17-/m1/s1. The molecule has 6 nitrogen and oxygen atoms in total. The molecule has 1 N–H and O–H groups in total. The maximum atomic E-state index is 12.6. The van der Waals surface area contributed by atoms with Crippen LogP contribution in [0.25, 0.3) is 11.0 Å². The molecule has 1 saturated heterocycles. The summed E-state index contributed by atoms with van der Waals surface area (Å²) in [5.74, 6) is 0.394. The number of furan rings is 1. The maximum Gasteiger partial charge on any atom is 0.349 e. The maximum absolute atomic E-state index is 12.6. The van der Waals surface area contributed by atoms with Crippen molar-refractivity contribution in [2.24, 2.45) is 0 Å². The van der Waals surface area contributed by atoms with E-state index in [1.807, 2.05) is 24.3 Å². The van der Waals surface area contributed by atoms with Gasteiger partial charge in [0.2, 0.25) is 0 Å². The zero-order valence-corrected chi connectivity index (χ0v) is 15.0. The van der Waals surface area contributed by atoms with Gasteiger partial charge in [-0.1, -0.05) is 24.6 Å². The van der Waals surface area contributed by atoms with Crippen LogP contribution in [0.1, 0.15) is 41.4 Å². The van der Waals surface area contributed by atoms with E-state index in [1.165, 1.54) is 6.42 Å². The fraction of sp³-hybridized carbons (Fsp3) is 0.333. The van der Waals surface area contributed by atoms with Crippen molar-refractivity contribution in [3.63, 3.8) is 0 Å². The number of nitrogens with one attached hydrogen (secondary N) is 1. The van der Waals surface area contributed by atoms with Crippen LogP contribution in [0.4, 0.5) is 0 Å². The van der Waals surface area contributed by atoms with E-state index in [2.05, 4.69) is 10.2 Å². The smallest absolute Gasteiger partial charge is 0.349 e. The number of hydrogen-bond acceptors (Lipinski definition) is 5. The number of para-hydroxylation sites is 1. The molecule has 0 unspecified atom stereocenters. The molecule has 0 spiro atoms. The van der Waals surface area contributed by atoms with Crippen LogP contribution in [0.2, 0.25) is 0 Å². The Morgan fingerprint density at radius 1 is 1.11 bits per heavy atom. The van der Waals surface area contributed by atoms with Crippen molar-refractivity contribution in [1.82, 2.24) is 10.2 Å². The SMILES string of the molecule is O=C(NC[C@H](c1ccco1)N1CCCCC1)c1cc2ccccc2oc1=O. The lowest BCUT2D eigenvalue weighted by Crippen LogP contribution is -2.41. The largest absolute Gasteiger partial charge is 0.468 e. The third-order valence-electron chi connectivity index (χ3n) is 5.05. The number of carbonyl (C=O) groups excluding carboxylic acids is 1. The number of amides is 1. The molecule has 1 aromatic carbocycles. The second kappa shape index (κ2) is 7.80. The summed E-state index contributed by atoms with van der Waals surface area (Å²) in [5.41, 5.74) is -0.134. The average molecular weight is 366 g/mol. The molecule has 1 atom stereocenters. The number of fused-ring (bicyclic) bond motifs is 1. The Labute approximate surface area is 156 Å². The van der Waals surface area contributed by atoms with Crippen LogP contribution in [0, 0.1) is 0 Å². The predicted molar refractivity (Wildman–Crippen MR) is 102 cm³/mol. The van der Waals surface area contributed by atoms with E-state index in [-0.39, 0.29) is 11.6 Å². The number of hydrogen-bond donors (Lipinski definition) is 1. The van der Waals surface area contributed by atoms with Crippen LogP contribution in [0.3, 0.4) is 0 Å². The highest BCUT2D eigenvalue weighted by atomic mass is 16.4. The van der Waals surface area contributed by atoms with Crippen molar-refractivity contribution in [3.8, 4) is 0 Å². The zero-order valence-electron chi connectivity index (χ0n) is 15.0. The Kier molecular flexibility index (Phi) is 5.07. The number of carbonyl (C=O) groups is 1. The highest BCUT2D eigenvalue weighted by Crippen LogP contribution is 2.24. The van der Waals surface area contributed by atoms with Crippen LogP contribution in [-0.4, -0.2) is 30.4 Å². The minimum absolute atomic E-state index is 0.0190. The van der Waals surface area contributed by atoms with Crippen LogP contribution >= 0.6 is 0 Å². The molecule has 6 heteroatoms. The molecule has 0 aliphatic carbocycles. The van der Waals surface area contributed by atoms with Gasteiger partial charge in [-0.15, -0.1) is 0 Å². The first-order valence-corrected chi connectivity index (χ1v) is 9.31. The molecule has 140 valence electrons. The minimum Gasteiger partial charge on any atom is -0.468 e. The lowest BCUT2D eigenvalue weighted by molar-refractivity contribution is 0.0910. The number of likely N-dealkylation sites (tertiary alicyclic amines) is 1. The van der Waals surface area contributed by atoms with E-state index in [4.69, 9.17) is 8.83 Å². The Morgan fingerprint density at radius 3 is 2.70 bits per heavy atom. The van der Waals surface area contributed by atoms with Crippen molar-refractivity contribution in [2.75, 3.05) is 19.6 Å². The lowest BCUT2D eigenvalue weighted by Gasteiger charge is -2.33. The monoisotopic (exact) mass is 366 g/mol. The zero-order chi connectivity index (χ0) is 18.6. The summed E-state index contributed by atoms with van der Waals surface area (Å²) in [6.07, 6.45) is 5.15. The van der Waals surface area contributed by atoms with Gasteiger partial charge in [-0.25, -0.2) is 4.79 Å². The summed E-state index contributed by atoms with van der Waals surface area (Å²) < 4.78 is 10.9. The van der Waals surface area contributed by atoms with Gasteiger partial charge >= 0.3 is 5.63 Å². The van der Waals surface area contributed by atoms with Gasteiger partial charge in [-0.2, -0.15) is 0 Å². The Balaban J connectivity index is 1.53. The van der Waals surface area contributed by atoms with E-state index in [0.29, 0.717) is 12.1 Å². The van der Waals surface area contributed by atoms with Crippen molar-refractivity contribution < 1.29 is 13.6 Å². The molecule has 0 saturated carbocycles. The van der Waals surface area contributed by atoms with Crippen molar-refractivity contribution >= 4 is 16.9 Å². The summed E-state index contributed by atoms with van der Waals surface area (Å²) >= 11 is 0. The van der Waals surface area contributed by atoms with Gasteiger partial charge in [-0.3, -0.25) is 9.69 Å². The molecule has 1 amide bonds. The minimum atomic E-state index is -0.626. The Bertz CT molecular complexity index is 971. The molecule has 3 aromatic rings. The highest BCUT2D eigenvalue weighted by Gasteiger charge is 2.25. The topological polar surface area (TPSA) is 75.7 Å². The summed E-state index contributed by atoms with van der Waals surface area (Å²) in [6, 6.07) is 12.5. The van der Waals surface area contributed by atoms with Crippen molar-refractivity contribution in [2.45, 2.75) is 25.3 Å². The first-order chi connectivity index (χ1) is 13.2. The molecule has 1 fully saturated rings. The predicted octanol–water partition coefficient (Wildman–Crippen LogP) is 3.34. The summed E-state index contributed by atoms with van der Waals surface area (Å²) in [5, 5.41) is 3.61. The van der Waals surface area contributed by atoms with Gasteiger partial charge in [0, 0.05) is 11.9 Å². The van der Waals surface area contributed by atoms with Crippen molar-refractivity contribution in [3.05, 3.63) is 70.5 Å². The van der Waals surface area contributed by atoms with Crippen LogP contribution < -0.4 is 10.9 Å². The van der Waals surface area contributed by atoms with Gasteiger partial charge in [0.25, 0.3) is 5.91 Å². The quantitative estimate of drug-likeness (QED) is 0.701. The number of benzene rings is 1. The molecule has 1 aliphatic heterocycles. The van der Waals surface area contributed by atoms with Crippen LogP contribution in [0.15, 0.2) is 62.4 Å². The second-order valence-corrected chi connectivity index (χ2v) is 6.82. The van der Waals surface area contributed by atoms with E-state index >= 15 is 0 Å². The summed E-state index contributed by atoms with van der Waals surface area (Å²) in [6.45, 7) is 2.32. The Morgan fingerprint density at radius 2 is 1.93 bits per heavy atom. The van der Waals surface area contributed by atoms with E-state index in [0.717, 1.165) is 37.1 Å². The molecular weight excluding hydrogens is 344 g/mol.